The van der Waals surface area contributed by atoms with E-state index in [1.54, 1.807) is 11.8 Å². The van der Waals surface area contributed by atoms with E-state index in [0.717, 1.165) is 28.2 Å². The second-order valence-electron chi connectivity index (χ2n) is 6.33. The molecule has 0 fully saturated rings. The molecule has 0 saturated heterocycles. The molecule has 0 aliphatic carbocycles. The first-order chi connectivity index (χ1) is 12.9. The van der Waals surface area contributed by atoms with Gasteiger partial charge in [0, 0.05) is 28.1 Å². The lowest BCUT2D eigenvalue weighted by Crippen LogP contribution is -2.39. The number of aryl methyl sites for hydroxylation is 2. The van der Waals surface area contributed by atoms with Crippen molar-refractivity contribution in [1.82, 2.24) is 5.32 Å². The first kappa shape index (κ1) is 21.9. The zero-order valence-electron chi connectivity index (χ0n) is 15.9. The smallest absolute Gasteiger partial charge is 0.261 e. The number of ether oxygens (including phenoxy) is 1. The van der Waals surface area contributed by atoms with Crippen LogP contribution in [0.4, 0.5) is 0 Å². The number of hydrogen-bond donors (Lipinski definition) is 1. The van der Waals surface area contributed by atoms with Crippen LogP contribution in [0.5, 0.6) is 5.75 Å². The van der Waals surface area contributed by atoms with Crippen molar-refractivity contribution in [3.63, 3.8) is 0 Å². The molecule has 0 aromatic heterocycles. The molecule has 146 valence electrons. The van der Waals surface area contributed by atoms with E-state index < -0.39 is 6.10 Å². The van der Waals surface area contributed by atoms with Gasteiger partial charge in [-0.2, -0.15) is 11.8 Å². The SMILES string of the molecule is CC[C@@H](Oc1cc(C)ccc1C)C(=O)NCCSCc1c(Cl)cccc1Cl. The highest BCUT2D eigenvalue weighted by atomic mass is 35.5. The van der Waals surface area contributed by atoms with Crippen LogP contribution in [0.25, 0.3) is 0 Å². The van der Waals surface area contributed by atoms with Gasteiger partial charge in [0.1, 0.15) is 5.75 Å². The Morgan fingerprint density at radius 2 is 1.89 bits per heavy atom. The molecule has 0 spiro atoms. The van der Waals surface area contributed by atoms with Gasteiger partial charge in [-0.15, -0.1) is 0 Å². The van der Waals surface area contributed by atoms with Gasteiger partial charge < -0.3 is 10.1 Å². The van der Waals surface area contributed by atoms with Gasteiger partial charge in [0.2, 0.25) is 0 Å². The Bertz CT molecular complexity index is 763. The maximum atomic E-state index is 12.4. The van der Waals surface area contributed by atoms with Gasteiger partial charge in [-0.3, -0.25) is 4.79 Å². The minimum absolute atomic E-state index is 0.0882. The first-order valence-electron chi connectivity index (χ1n) is 8.94. The van der Waals surface area contributed by atoms with Crippen molar-refractivity contribution in [3.05, 3.63) is 63.1 Å². The second-order valence-corrected chi connectivity index (χ2v) is 8.25. The first-order valence-corrected chi connectivity index (χ1v) is 10.9. The third-order valence-corrected chi connectivity index (χ3v) is 5.82. The van der Waals surface area contributed by atoms with Crippen LogP contribution >= 0.6 is 35.0 Å². The summed E-state index contributed by atoms with van der Waals surface area (Å²) in [5.41, 5.74) is 3.07. The molecule has 3 nitrogen and oxygen atoms in total. The number of halogens is 2. The number of carbonyl (C=O) groups excluding carboxylic acids is 1. The van der Waals surface area contributed by atoms with Crippen molar-refractivity contribution in [2.75, 3.05) is 12.3 Å². The van der Waals surface area contributed by atoms with Gasteiger partial charge in [0.15, 0.2) is 6.10 Å². The Labute approximate surface area is 175 Å². The molecular formula is C21H25Cl2NO2S. The molecule has 0 saturated carbocycles. The fraction of sp³-hybridized carbons (Fsp3) is 0.381. The minimum atomic E-state index is -0.492. The van der Waals surface area contributed by atoms with E-state index in [2.05, 4.69) is 5.32 Å². The third kappa shape index (κ3) is 6.63. The highest BCUT2D eigenvalue weighted by molar-refractivity contribution is 7.98. The number of benzene rings is 2. The van der Waals surface area contributed by atoms with Crippen LogP contribution in [0.15, 0.2) is 36.4 Å². The van der Waals surface area contributed by atoms with Gasteiger partial charge in [0.05, 0.1) is 0 Å². The summed E-state index contributed by atoms with van der Waals surface area (Å²) in [6.07, 6.45) is 0.121. The van der Waals surface area contributed by atoms with Crippen molar-refractivity contribution in [2.24, 2.45) is 0 Å². The van der Waals surface area contributed by atoms with E-state index in [-0.39, 0.29) is 5.91 Å². The van der Waals surface area contributed by atoms with E-state index in [0.29, 0.717) is 28.8 Å². The molecule has 2 aromatic rings. The van der Waals surface area contributed by atoms with Crippen molar-refractivity contribution in [2.45, 2.75) is 39.0 Å². The zero-order chi connectivity index (χ0) is 19.8. The molecule has 1 amide bonds. The number of thioether (sulfide) groups is 1. The predicted octanol–water partition coefficient (Wildman–Crippen LogP) is 5.82. The van der Waals surface area contributed by atoms with Gasteiger partial charge in [-0.05, 0) is 55.2 Å². The summed E-state index contributed by atoms with van der Waals surface area (Å²) in [6.45, 7) is 6.51. The van der Waals surface area contributed by atoms with Crippen LogP contribution in [0.3, 0.4) is 0 Å². The number of rotatable bonds is 9. The van der Waals surface area contributed by atoms with Gasteiger partial charge in [-0.25, -0.2) is 0 Å². The van der Waals surface area contributed by atoms with E-state index in [1.807, 2.05) is 57.2 Å². The molecule has 0 aliphatic rings. The summed E-state index contributed by atoms with van der Waals surface area (Å²) in [5.74, 6) is 2.16. The number of hydrogen-bond acceptors (Lipinski definition) is 3. The summed E-state index contributed by atoms with van der Waals surface area (Å²) < 4.78 is 5.94. The van der Waals surface area contributed by atoms with Crippen molar-refractivity contribution >= 4 is 40.9 Å². The number of nitrogens with one attached hydrogen (secondary N) is 1. The summed E-state index contributed by atoms with van der Waals surface area (Å²) in [4.78, 5) is 12.4. The summed E-state index contributed by atoms with van der Waals surface area (Å²) in [6, 6.07) is 11.5. The number of carbonyl (C=O) groups is 1. The maximum absolute atomic E-state index is 12.4. The Kier molecular flexibility index (Phi) is 8.81. The topological polar surface area (TPSA) is 38.3 Å². The highest BCUT2D eigenvalue weighted by Gasteiger charge is 2.18. The summed E-state index contributed by atoms with van der Waals surface area (Å²) in [5, 5.41) is 4.30. The standard InChI is InChI=1S/C21H25Cl2NO2S/c1-4-19(26-20-12-14(2)8-9-15(20)3)21(25)24-10-11-27-13-16-17(22)6-5-7-18(16)23/h5-9,12,19H,4,10-11,13H2,1-3H3,(H,24,25)/t19-/m1/s1. The highest BCUT2D eigenvalue weighted by Crippen LogP contribution is 2.28. The molecule has 1 N–H and O–H groups in total. The predicted molar refractivity (Wildman–Crippen MR) is 116 cm³/mol. The fourth-order valence-electron chi connectivity index (χ4n) is 2.51. The summed E-state index contributed by atoms with van der Waals surface area (Å²) >= 11 is 14.0. The van der Waals surface area contributed by atoms with Crippen molar-refractivity contribution in [1.29, 1.82) is 0 Å². The summed E-state index contributed by atoms with van der Waals surface area (Å²) in [7, 11) is 0. The van der Waals surface area contributed by atoms with Crippen LogP contribution in [0.1, 0.15) is 30.0 Å². The fourth-order valence-corrected chi connectivity index (χ4v) is 4.11. The van der Waals surface area contributed by atoms with E-state index >= 15 is 0 Å². The molecule has 0 bridgehead atoms. The average Bonchev–Trinajstić information content (AvgIpc) is 2.64. The van der Waals surface area contributed by atoms with Gasteiger partial charge >= 0.3 is 0 Å². The van der Waals surface area contributed by atoms with E-state index in [9.17, 15) is 4.79 Å². The molecule has 0 heterocycles. The molecular weight excluding hydrogens is 401 g/mol. The van der Waals surface area contributed by atoms with Crippen LogP contribution in [-0.4, -0.2) is 24.3 Å². The molecule has 0 radical (unpaired) electrons. The molecule has 6 heteroatoms. The molecule has 2 rings (SSSR count). The van der Waals surface area contributed by atoms with Crippen LogP contribution in [0.2, 0.25) is 10.0 Å². The lowest BCUT2D eigenvalue weighted by molar-refractivity contribution is -0.128. The normalized spacial score (nSPS) is 11.9. The third-order valence-electron chi connectivity index (χ3n) is 4.13. The average molecular weight is 426 g/mol. The second kappa shape index (κ2) is 10.8. The van der Waals surface area contributed by atoms with E-state index in [4.69, 9.17) is 27.9 Å². The monoisotopic (exact) mass is 425 g/mol. The Morgan fingerprint density at radius 3 is 2.56 bits per heavy atom. The van der Waals surface area contributed by atoms with Crippen molar-refractivity contribution < 1.29 is 9.53 Å². The lowest BCUT2D eigenvalue weighted by atomic mass is 10.1. The zero-order valence-corrected chi connectivity index (χ0v) is 18.2. The Morgan fingerprint density at radius 1 is 1.19 bits per heavy atom. The van der Waals surface area contributed by atoms with E-state index in [1.165, 1.54) is 0 Å². The number of amides is 1. The van der Waals surface area contributed by atoms with Crippen LogP contribution in [0, 0.1) is 13.8 Å². The largest absolute Gasteiger partial charge is 0.480 e. The van der Waals surface area contributed by atoms with Crippen LogP contribution < -0.4 is 10.1 Å². The molecule has 2 aromatic carbocycles. The molecule has 27 heavy (non-hydrogen) atoms. The molecule has 0 unspecified atom stereocenters. The van der Waals surface area contributed by atoms with Crippen LogP contribution in [-0.2, 0) is 10.5 Å². The Hall–Kier alpha value is -1.36. The minimum Gasteiger partial charge on any atom is -0.480 e. The van der Waals surface area contributed by atoms with Crippen molar-refractivity contribution in [3.8, 4) is 5.75 Å². The van der Waals surface area contributed by atoms with Gasteiger partial charge in [0.25, 0.3) is 5.91 Å². The Balaban J connectivity index is 1.79. The quantitative estimate of drug-likeness (QED) is 0.514. The lowest BCUT2D eigenvalue weighted by Gasteiger charge is -2.19. The maximum Gasteiger partial charge on any atom is 0.261 e. The van der Waals surface area contributed by atoms with Gasteiger partial charge in [-0.1, -0.05) is 48.3 Å². The molecule has 0 aliphatic heterocycles. The molecule has 1 atom stereocenters.